The number of carboxylic acids is 1. The Morgan fingerprint density at radius 2 is 1.76 bits per heavy atom. The van der Waals surface area contributed by atoms with E-state index in [1.54, 1.807) is 32.4 Å². The molecule has 11 heteroatoms. The number of benzene rings is 2. The zero-order chi connectivity index (χ0) is 24.8. The van der Waals surface area contributed by atoms with Crippen molar-refractivity contribution >= 4 is 55.7 Å². The lowest BCUT2D eigenvalue weighted by Gasteiger charge is -2.12. The summed E-state index contributed by atoms with van der Waals surface area (Å²) in [7, 11) is 3.15. The Balaban J connectivity index is 2.05. The first-order valence-electron chi connectivity index (χ1n) is 10.2. The number of carboxylic acid groups (broad SMARTS) is 1. The van der Waals surface area contributed by atoms with E-state index in [1.165, 1.54) is 0 Å². The highest BCUT2D eigenvalue weighted by Gasteiger charge is 2.20. The number of methoxy groups -OCH3 is 2. The van der Waals surface area contributed by atoms with Crippen molar-refractivity contribution in [1.82, 2.24) is 14.8 Å². The molecule has 8 nitrogen and oxygen atoms in total. The van der Waals surface area contributed by atoms with E-state index in [-0.39, 0.29) is 4.91 Å². The van der Waals surface area contributed by atoms with Crippen molar-refractivity contribution in [2.45, 2.75) is 25.5 Å². The molecule has 0 aliphatic rings. The van der Waals surface area contributed by atoms with Gasteiger partial charge in [-0.15, -0.1) is 10.2 Å². The minimum atomic E-state index is -1.08. The predicted molar refractivity (Wildman–Crippen MR) is 139 cm³/mol. The summed E-state index contributed by atoms with van der Waals surface area (Å²) in [5.41, 5.74) is 1.36. The Kier molecular flexibility index (Phi) is 9.03. The van der Waals surface area contributed by atoms with Crippen molar-refractivity contribution in [1.29, 1.82) is 0 Å². The van der Waals surface area contributed by atoms with Crippen LogP contribution >= 0.6 is 43.6 Å². The van der Waals surface area contributed by atoms with Crippen LogP contribution < -0.4 is 14.2 Å². The van der Waals surface area contributed by atoms with Gasteiger partial charge >= 0.3 is 5.97 Å². The lowest BCUT2D eigenvalue weighted by atomic mass is 10.2. The number of aliphatic carboxylic acids is 1. The normalized spacial score (nSPS) is 11.4. The fraction of sp³-hybridized carbons (Fsp3) is 0.261. The highest BCUT2D eigenvalue weighted by Crippen LogP contribution is 2.37. The third kappa shape index (κ3) is 5.94. The molecule has 0 radical (unpaired) electrons. The van der Waals surface area contributed by atoms with Crippen molar-refractivity contribution in [2.75, 3.05) is 20.8 Å². The van der Waals surface area contributed by atoms with E-state index < -0.39 is 5.97 Å². The first-order chi connectivity index (χ1) is 16.3. The molecule has 1 heterocycles. The Bertz CT molecular complexity index is 1210. The highest BCUT2D eigenvalue weighted by atomic mass is 79.9. The van der Waals surface area contributed by atoms with Gasteiger partial charge in [-0.3, -0.25) is 0 Å². The minimum Gasteiger partial charge on any atom is -0.497 e. The van der Waals surface area contributed by atoms with E-state index in [0.29, 0.717) is 46.9 Å². The lowest BCUT2D eigenvalue weighted by Crippen LogP contribution is -2.03. The molecule has 0 aliphatic heterocycles. The minimum absolute atomic E-state index is 0.0721. The molecule has 3 rings (SSSR count). The van der Waals surface area contributed by atoms with Gasteiger partial charge in [0.1, 0.15) is 22.2 Å². The van der Waals surface area contributed by atoms with Gasteiger partial charge in [-0.05, 0) is 71.9 Å². The summed E-state index contributed by atoms with van der Waals surface area (Å²) in [6, 6.07) is 9.07. The number of halogens is 2. The second kappa shape index (κ2) is 11.8. The van der Waals surface area contributed by atoms with Crippen LogP contribution in [0.4, 0.5) is 0 Å². The topological polar surface area (TPSA) is 95.7 Å². The number of ether oxygens (including phenoxy) is 3. The van der Waals surface area contributed by atoms with Gasteiger partial charge in [0.15, 0.2) is 11.0 Å². The van der Waals surface area contributed by atoms with Crippen LogP contribution in [0.15, 0.2) is 49.3 Å². The zero-order valence-electron chi connectivity index (χ0n) is 19.0. The molecule has 1 N–H and O–H groups in total. The second-order valence-electron chi connectivity index (χ2n) is 6.81. The fourth-order valence-electron chi connectivity index (χ4n) is 3.16. The second-order valence-corrected chi connectivity index (χ2v) is 9.59. The van der Waals surface area contributed by atoms with Gasteiger partial charge in [-0.2, -0.15) is 0 Å². The van der Waals surface area contributed by atoms with Crippen LogP contribution in [-0.2, 0) is 11.3 Å². The monoisotopic (exact) mass is 611 g/mol. The predicted octanol–water partition coefficient (Wildman–Crippen LogP) is 6.12. The SMILES string of the molecule is CCOc1c(Br)cc(Br)cc1/C=C(\Sc1nnc(-c2cc(OC)cc(OC)c2)n1CC)C(=O)O. The maximum absolute atomic E-state index is 12.1. The molecule has 0 unspecified atom stereocenters. The van der Waals surface area contributed by atoms with Crippen LogP contribution in [0, 0.1) is 0 Å². The van der Waals surface area contributed by atoms with Crippen molar-refractivity contribution < 1.29 is 24.1 Å². The Labute approximate surface area is 218 Å². The molecule has 0 amide bonds. The number of rotatable bonds is 10. The highest BCUT2D eigenvalue weighted by molar-refractivity contribution is 9.11. The number of nitrogens with zero attached hydrogens (tertiary/aromatic N) is 3. The molecule has 34 heavy (non-hydrogen) atoms. The van der Waals surface area contributed by atoms with Gasteiger partial charge in [0.05, 0.1) is 25.3 Å². The van der Waals surface area contributed by atoms with Crippen LogP contribution in [0.1, 0.15) is 19.4 Å². The molecule has 180 valence electrons. The van der Waals surface area contributed by atoms with Crippen molar-refractivity contribution in [3.8, 4) is 28.6 Å². The summed E-state index contributed by atoms with van der Waals surface area (Å²) >= 11 is 7.95. The largest absolute Gasteiger partial charge is 0.497 e. The molecule has 0 spiro atoms. The quantitative estimate of drug-likeness (QED) is 0.216. The van der Waals surface area contributed by atoms with E-state index in [2.05, 4.69) is 42.1 Å². The summed E-state index contributed by atoms with van der Waals surface area (Å²) in [5.74, 6) is 1.28. The average molecular weight is 613 g/mol. The molecular weight excluding hydrogens is 590 g/mol. The summed E-state index contributed by atoms with van der Waals surface area (Å²) in [6.45, 7) is 4.78. The van der Waals surface area contributed by atoms with E-state index in [1.807, 2.05) is 36.6 Å². The van der Waals surface area contributed by atoms with Crippen molar-refractivity contribution in [2.24, 2.45) is 0 Å². The van der Waals surface area contributed by atoms with Gasteiger partial charge in [0.25, 0.3) is 0 Å². The van der Waals surface area contributed by atoms with E-state index >= 15 is 0 Å². The molecule has 0 saturated heterocycles. The molecule has 0 fully saturated rings. The number of aromatic nitrogens is 3. The Morgan fingerprint density at radius 1 is 1.09 bits per heavy atom. The van der Waals surface area contributed by atoms with E-state index in [0.717, 1.165) is 26.3 Å². The van der Waals surface area contributed by atoms with E-state index in [9.17, 15) is 9.90 Å². The molecule has 2 aromatic carbocycles. The third-order valence-corrected chi connectivity index (χ3v) is 6.71. The number of carbonyl (C=O) groups is 1. The zero-order valence-corrected chi connectivity index (χ0v) is 23.0. The molecule has 0 bridgehead atoms. The Morgan fingerprint density at radius 3 is 2.32 bits per heavy atom. The molecular formula is C23H23Br2N3O5S. The van der Waals surface area contributed by atoms with Crippen molar-refractivity contribution in [3.63, 3.8) is 0 Å². The van der Waals surface area contributed by atoms with Crippen LogP contribution in [-0.4, -0.2) is 46.7 Å². The molecule has 0 atom stereocenters. The summed E-state index contributed by atoms with van der Waals surface area (Å²) in [4.78, 5) is 12.2. The average Bonchev–Trinajstić information content (AvgIpc) is 3.22. The van der Waals surface area contributed by atoms with Crippen LogP contribution in [0.3, 0.4) is 0 Å². The van der Waals surface area contributed by atoms with Gasteiger partial charge in [0, 0.05) is 28.2 Å². The summed E-state index contributed by atoms with van der Waals surface area (Å²) < 4.78 is 19.8. The van der Waals surface area contributed by atoms with Crippen LogP contribution in [0.2, 0.25) is 0 Å². The van der Waals surface area contributed by atoms with Crippen molar-refractivity contribution in [3.05, 3.63) is 49.7 Å². The molecule has 3 aromatic rings. The molecule has 0 saturated carbocycles. The third-order valence-electron chi connectivity index (χ3n) is 4.67. The van der Waals surface area contributed by atoms with Gasteiger partial charge < -0.3 is 23.9 Å². The lowest BCUT2D eigenvalue weighted by molar-refractivity contribution is -0.131. The first kappa shape index (κ1) is 26.1. The van der Waals surface area contributed by atoms with Gasteiger partial charge in [0.2, 0.25) is 0 Å². The Hall–Kier alpha value is -2.50. The summed E-state index contributed by atoms with van der Waals surface area (Å²) in [6.07, 6.45) is 1.57. The number of hydrogen-bond donors (Lipinski definition) is 1. The maximum Gasteiger partial charge on any atom is 0.342 e. The van der Waals surface area contributed by atoms with Crippen LogP contribution in [0.5, 0.6) is 17.2 Å². The fourth-order valence-corrected chi connectivity index (χ4v) is 5.41. The maximum atomic E-state index is 12.1. The first-order valence-corrected chi connectivity index (χ1v) is 12.6. The number of hydrogen-bond acceptors (Lipinski definition) is 7. The smallest absolute Gasteiger partial charge is 0.342 e. The van der Waals surface area contributed by atoms with E-state index in [4.69, 9.17) is 14.2 Å². The summed E-state index contributed by atoms with van der Waals surface area (Å²) in [5, 5.41) is 19.0. The molecule has 1 aromatic heterocycles. The van der Waals surface area contributed by atoms with Gasteiger partial charge in [-0.1, -0.05) is 15.9 Å². The molecule has 0 aliphatic carbocycles. The standard InChI is InChI=1S/C23H23Br2N3O5S/c1-5-28-21(14-8-16(31-3)12-17(9-14)32-4)26-27-23(28)34-19(22(29)30)10-13-7-15(24)11-18(25)20(13)33-6-2/h7-12H,5-6H2,1-4H3,(H,29,30)/b19-10-. The van der Waals surface area contributed by atoms with Crippen LogP contribution in [0.25, 0.3) is 17.5 Å². The number of thioether (sulfide) groups is 1. The van der Waals surface area contributed by atoms with Gasteiger partial charge in [-0.25, -0.2) is 4.79 Å².